The third-order valence-corrected chi connectivity index (χ3v) is 5.60. The van der Waals surface area contributed by atoms with Crippen LogP contribution in [-0.2, 0) is 16.1 Å². The number of carbonyl (C=O) groups excluding carboxylic acids is 2. The standard InChI is InChI=1S/C25H27ClN4O4/c1-18-14-27-30(15-18)17-25(32)29-11-5-2-6-12-33-22-7-3-4-8-23(22)34-21-10-9-19(26)13-20(21)28-24(31)16-29/h3-4,7-10,13-15H,2,5-6,11-12,16-17H2,1H3,(H,28,31). The molecule has 1 N–H and O–H groups in total. The number of amides is 2. The quantitative estimate of drug-likeness (QED) is 0.573. The summed E-state index contributed by atoms with van der Waals surface area (Å²) in [5.41, 5.74) is 1.38. The molecule has 1 aliphatic rings. The third-order valence-electron chi connectivity index (χ3n) is 5.36. The molecule has 0 saturated heterocycles. The number of halogens is 1. The number of ether oxygens (including phenoxy) is 2. The van der Waals surface area contributed by atoms with Crippen molar-refractivity contribution in [2.24, 2.45) is 0 Å². The molecule has 2 heterocycles. The molecular formula is C25H27ClN4O4. The van der Waals surface area contributed by atoms with E-state index in [1.807, 2.05) is 31.2 Å². The smallest absolute Gasteiger partial charge is 0.244 e. The molecule has 0 aliphatic carbocycles. The van der Waals surface area contributed by atoms with E-state index < -0.39 is 0 Å². The monoisotopic (exact) mass is 482 g/mol. The fraction of sp³-hybridized carbons (Fsp3) is 0.320. The molecule has 1 aromatic heterocycles. The van der Waals surface area contributed by atoms with E-state index in [0.29, 0.717) is 41.1 Å². The molecule has 2 amide bonds. The highest BCUT2D eigenvalue weighted by Crippen LogP contribution is 2.36. The van der Waals surface area contributed by atoms with Crippen LogP contribution in [0.1, 0.15) is 24.8 Å². The average molecular weight is 483 g/mol. The van der Waals surface area contributed by atoms with E-state index in [1.165, 1.54) is 0 Å². The van der Waals surface area contributed by atoms with Crippen LogP contribution in [0.4, 0.5) is 5.69 Å². The Labute approximate surface area is 203 Å². The van der Waals surface area contributed by atoms with E-state index >= 15 is 0 Å². The Morgan fingerprint density at radius 2 is 1.94 bits per heavy atom. The molecule has 0 unspecified atom stereocenters. The van der Waals surface area contributed by atoms with Crippen molar-refractivity contribution in [1.29, 1.82) is 0 Å². The number of para-hydroxylation sites is 2. The third kappa shape index (κ3) is 6.29. The lowest BCUT2D eigenvalue weighted by atomic mass is 10.2. The van der Waals surface area contributed by atoms with E-state index in [9.17, 15) is 9.59 Å². The van der Waals surface area contributed by atoms with E-state index in [0.717, 1.165) is 24.8 Å². The normalized spacial score (nSPS) is 15.0. The van der Waals surface area contributed by atoms with Crippen molar-refractivity contribution in [3.8, 4) is 17.2 Å². The summed E-state index contributed by atoms with van der Waals surface area (Å²) >= 11 is 6.18. The number of nitrogens with zero attached hydrogens (tertiary/aromatic N) is 3. The predicted octanol–water partition coefficient (Wildman–Crippen LogP) is 4.67. The maximum atomic E-state index is 13.0. The fourth-order valence-corrected chi connectivity index (χ4v) is 3.84. The Morgan fingerprint density at radius 3 is 2.74 bits per heavy atom. The minimum Gasteiger partial charge on any atom is -0.490 e. The fourth-order valence-electron chi connectivity index (χ4n) is 3.67. The lowest BCUT2D eigenvalue weighted by molar-refractivity contribution is -0.135. The second-order valence-electron chi connectivity index (χ2n) is 8.18. The number of aryl methyl sites for hydroxylation is 1. The SMILES string of the molecule is Cc1cnn(CC(=O)N2CCCCCOc3ccccc3Oc3ccc(Cl)cc3NC(=O)C2)c1. The van der Waals surface area contributed by atoms with Crippen LogP contribution in [-0.4, -0.2) is 46.2 Å². The molecule has 0 spiro atoms. The molecule has 0 fully saturated rings. The van der Waals surface area contributed by atoms with Crippen LogP contribution in [0.5, 0.6) is 17.2 Å². The minimum atomic E-state index is -0.337. The summed E-state index contributed by atoms with van der Waals surface area (Å²) in [6, 6.07) is 12.4. The molecule has 8 nitrogen and oxygen atoms in total. The Morgan fingerprint density at radius 1 is 1.12 bits per heavy atom. The Bertz CT molecular complexity index is 1160. The molecule has 178 valence electrons. The average Bonchev–Trinajstić information content (AvgIpc) is 3.21. The molecule has 3 aromatic rings. The molecule has 1 aliphatic heterocycles. The number of nitrogens with one attached hydrogen (secondary N) is 1. The Kier molecular flexibility index (Phi) is 7.69. The largest absolute Gasteiger partial charge is 0.490 e. The first-order valence-corrected chi connectivity index (χ1v) is 11.6. The van der Waals surface area contributed by atoms with Gasteiger partial charge in [0, 0.05) is 17.8 Å². The summed E-state index contributed by atoms with van der Waals surface area (Å²) in [5.74, 6) is 1.08. The van der Waals surface area contributed by atoms with Gasteiger partial charge in [-0.05, 0) is 62.1 Å². The maximum absolute atomic E-state index is 13.0. The van der Waals surface area contributed by atoms with Crippen LogP contribution in [0, 0.1) is 6.92 Å². The Balaban J connectivity index is 1.56. The van der Waals surface area contributed by atoms with Gasteiger partial charge in [0.2, 0.25) is 11.8 Å². The van der Waals surface area contributed by atoms with Crippen molar-refractivity contribution in [2.75, 3.05) is 25.0 Å². The van der Waals surface area contributed by atoms with Gasteiger partial charge >= 0.3 is 0 Å². The highest BCUT2D eigenvalue weighted by Gasteiger charge is 2.20. The van der Waals surface area contributed by atoms with Crippen LogP contribution in [0.3, 0.4) is 0 Å². The van der Waals surface area contributed by atoms with Crippen molar-refractivity contribution in [2.45, 2.75) is 32.7 Å². The van der Waals surface area contributed by atoms with Gasteiger partial charge in [-0.15, -0.1) is 0 Å². The first-order valence-electron chi connectivity index (χ1n) is 11.2. The number of hydrogen-bond acceptors (Lipinski definition) is 5. The molecule has 0 saturated carbocycles. The van der Waals surface area contributed by atoms with Gasteiger partial charge in [-0.2, -0.15) is 5.10 Å². The van der Waals surface area contributed by atoms with Crippen LogP contribution in [0.2, 0.25) is 5.02 Å². The summed E-state index contributed by atoms with van der Waals surface area (Å²) in [4.78, 5) is 27.5. The van der Waals surface area contributed by atoms with E-state index in [-0.39, 0.29) is 24.9 Å². The molecule has 9 heteroatoms. The van der Waals surface area contributed by atoms with Gasteiger partial charge in [0.25, 0.3) is 0 Å². The van der Waals surface area contributed by atoms with Gasteiger partial charge in [0.05, 0.1) is 25.0 Å². The predicted molar refractivity (Wildman–Crippen MR) is 129 cm³/mol. The van der Waals surface area contributed by atoms with Gasteiger partial charge in [0.15, 0.2) is 17.2 Å². The zero-order chi connectivity index (χ0) is 23.9. The molecule has 0 bridgehead atoms. The van der Waals surface area contributed by atoms with Gasteiger partial charge in [-0.3, -0.25) is 14.3 Å². The minimum absolute atomic E-state index is 0.0745. The summed E-state index contributed by atoms with van der Waals surface area (Å²) < 4.78 is 13.6. The highest BCUT2D eigenvalue weighted by atomic mass is 35.5. The summed E-state index contributed by atoms with van der Waals surface area (Å²) in [6.45, 7) is 2.88. The Hall–Kier alpha value is -3.52. The van der Waals surface area contributed by atoms with Crippen molar-refractivity contribution < 1.29 is 19.1 Å². The summed E-state index contributed by atoms with van der Waals surface area (Å²) in [7, 11) is 0. The topological polar surface area (TPSA) is 85.7 Å². The van der Waals surface area contributed by atoms with Crippen LogP contribution < -0.4 is 14.8 Å². The number of benzene rings is 2. The second-order valence-corrected chi connectivity index (χ2v) is 8.61. The first kappa shape index (κ1) is 23.6. The van der Waals surface area contributed by atoms with Crippen molar-refractivity contribution in [1.82, 2.24) is 14.7 Å². The number of fused-ring (bicyclic) bond motifs is 2. The summed E-state index contributed by atoms with van der Waals surface area (Å²) in [6.07, 6.45) is 5.92. The maximum Gasteiger partial charge on any atom is 0.244 e. The van der Waals surface area contributed by atoms with Crippen LogP contribution in [0.15, 0.2) is 54.9 Å². The molecule has 0 atom stereocenters. The number of rotatable bonds is 2. The molecular weight excluding hydrogens is 456 g/mol. The molecule has 4 rings (SSSR count). The van der Waals surface area contributed by atoms with E-state index in [1.54, 1.807) is 40.2 Å². The number of hydrogen-bond donors (Lipinski definition) is 1. The number of aromatic nitrogens is 2. The second kappa shape index (κ2) is 11.1. The van der Waals surface area contributed by atoms with E-state index in [2.05, 4.69) is 10.4 Å². The van der Waals surface area contributed by atoms with Crippen LogP contribution in [0.25, 0.3) is 0 Å². The lowest BCUT2D eigenvalue weighted by Gasteiger charge is -2.22. The zero-order valence-electron chi connectivity index (χ0n) is 19.0. The zero-order valence-corrected chi connectivity index (χ0v) is 19.8. The van der Waals surface area contributed by atoms with Crippen molar-refractivity contribution in [3.63, 3.8) is 0 Å². The van der Waals surface area contributed by atoms with Crippen LogP contribution >= 0.6 is 11.6 Å². The highest BCUT2D eigenvalue weighted by molar-refractivity contribution is 6.31. The summed E-state index contributed by atoms with van der Waals surface area (Å²) in [5, 5.41) is 7.49. The molecule has 2 aromatic carbocycles. The van der Waals surface area contributed by atoms with Crippen molar-refractivity contribution >= 4 is 29.1 Å². The number of carbonyl (C=O) groups is 2. The van der Waals surface area contributed by atoms with Gasteiger partial charge in [0.1, 0.15) is 6.54 Å². The molecule has 0 radical (unpaired) electrons. The molecule has 34 heavy (non-hydrogen) atoms. The van der Waals surface area contributed by atoms with Gasteiger partial charge < -0.3 is 19.7 Å². The van der Waals surface area contributed by atoms with E-state index in [4.69, 9.17) is 21.1 Å². The van der Waals surface area contributed by atoms with Crippen molar-refractivity contribution in [3.05, 3.63) is 65.4 Å². The lowest BCUT2D eigenvalue weighted by Crippen LogP contribution is -2.40. The van der Waals surface area contributed by atoms with Gasteiger partial charge in [-0.25, -0.2) is 0 Å². The number of anilines is 1. The van der Waals surface area contributed by atoms with Gasteiger partial charge in [-0.1, -0.05) is 23.7 Å². The first-order chi connectivity index (χ1) is 16.5.